The van der Waals surface area contributed by atoms with Gasteiger partial charge in [-0.3, -0.25) is 14.4 Å². The van der Waals surface area contributed by atoms with E-state index in [0.29, 0.717) is 0 Å². The van der Waals surface area contributed by atoms with Gasteiger partial charge in [0, 0.05) is 20.3 Å². The molecule has 2 aliphatic heterocycles. The zero-order valence-corrected chi connectivity index (χ0v) is 20.1. The number of ketones is 1. The van der Waals surface area contributed by atoms with Crippen molar-refractivity contribution >= 4 is 23.6 Å². The summed E-state index contributed by atoms with van der Waals surface area (Å²) in [5, 5.41) is 65.2. The molecule has 2 rings (SSSR count). The molecule has 0 spiro atoms. The van der Waals surface area contributed by atoms with Crippen molar-refractivity contribution in [1.29, 1.82) is 0 Å². The fourth-order valence-electron chi connectivity index (χ4n) is 4.30. The van der Waals surface area contributed by atoms with Gasteiger partial charge in [-0.1, -0.05) is 6.92 Å². The molecule has 8 N–H and O–H groups in total. The highest BCUT2D eigenvalue weighted by Gasteiger charge is 2.56. The number of aliphatic carboxylic acids is 1. The van der Waals surface area contributed by atoms with Crippen LogP contribution in [0.2, 0.25) is 0 Å². The number of rotatable bonds is 10. The molecule has 0 aromatic rings. The summed E-state index contributed by atoms with van der Waals surface area (Å²) in [6.07, 6.45) is -11.6. The van der Waals surface area contributed by atoms with Gasteiger partial charge in [-0.15, -0.1) is 0 Å². The van der Waals surface area contributed by atoms with Crippen molar-refractivity contribution in [3.63, 3.8) is 0 Å². The summed E-state index contributed by atoms with van der Waals surface area (Å²) < 4.78 is 16.5. The Bertz CT molecular complexity index is 826. The first-order chi connectivity index (χ1) is 16.8. The second-order valence-corrected chi connectivity index (χ2v) is 8.83. The Balaban J connectivity index is 2.28. The van der Waals surface area contributed by atoms with Crippen LogP contribution in [0.1, 0.15) is 33.6 Å². The number of carbonyl (C=O) groups is 4. The highest BCUT2D eigenvalue weighted by Crippen LogP contribution is 2.34. The minimum Gasteiger partial charge on any atom is -0.477 e. The minimum atomic E-state index is -2.67. The summed E-state index contributed by atoms with van der Waals surface area (Å²) in [4.78, 5) is 47.9. The molecular weight excluding hydrogens is 488 g/mol. The molecule has 2 saturated heterocycles. The maximum Gasteiger partial charge on any atom is 0.364 e. The van der Waals surface area contributed by atoms with Gasteiger partial charge in [0.15, 0.2) is 5.78 Å². The van der Waals surface area contributed by atoms with Crippen LogP contribution in [-0.4, -0.2) is 128 Å². The third-order valence-corrected chi connectivity index (χ3v) is 6.12. The van der Waals surface area contributed by atoms with Gasteiger partial charge in [0.2, 0.25) is 11.8 Å². The molecule has 2 aliphatic rings. The molecule has 15 heteroatoms. The van der Waals surface area contributed by atoms with Gasteiger partial charge in [0.25, 0.3) is 5.79 Å². The molecule has 0 saturated carbocycles. The molecule has 2 amide bonds. The van der Waals surface area contributed by atoms with Crippen molar-refractivity contribution in [3.05, 3.63) is 0 Å². The Morgan fingerprint density at radius 2 is 1.72 bits per heavy atom. The SMILES string of the molecule is CC[C@H]1O[C@H](COC2(C(=O)O)CC(O)C(NC(C)=O)C([C@H](O)[C@H](O)CO)O2)C(=O)C(O)[C@H]1NC(C)=O. The number of amides is 2. The van der Waals surface area contributed by atoms with Crippen LogP contribution in [0.15, 0.2) is 0 Å². The number of hydrogen-bond donors (Lipinski definition) is 8. The van der Waals surface area contributed by atoms with Crippen molar-refractivity contribution in [2.75, 3.05) is 13.2 Å². The summed E-state index contributed by atoms with van der Waals surface area (Å²) in [5.74, 6) is -6.47. The van der Waals surface area contributed by atoms with E-state index in [-0.39, 0.29) is 6.42 Å². The predicted octanol–water partition coefficient (Wildman–Crippen LogP) is -4.24. The zero-order chi connectivity index (χ0) is 27.4. The summed E-state index contributed by atoms with van der Waals surface area (Å²) in [6, 6.07) is -2.41. The van der Waals surface area contributed by atoms with Gasteiger partial charge in [0.05, 0.1) is 37.5 Å². The van der Waals surface area contributed by atoms with Crippen LogP contribution in [0, 0.1) is 0 Å². The fourth-order valence-corrected chi connectivity index (χ4v) is 4.30. The van der Waals surface area contributed by atoms with E-state index in [9.17, 15) is 49.8 Å². The minimum absolute atomic E-state index is 0.275. The van der Waals surface area contributed by atoms with Gasteiger partial charge in [0.1, 0.15) is 30.5 Å². The van der Waals surface area contributed by atoms with Crippen LogP contribution in [0.25, 0.3) is 0 Å². The van der Waals surface area contributed by atoms with E-state index in [1.807, 2.05) is 0 Å². The lowest BCUT2D eigenvalue weighted by Gasteiger charge is -2.47. The second-order valence-electron chi connectivity index (χ2n) is 8.83. The molecule has 36 heavy (non-hydrogen) atoms. The van der Waals surface area contributed by atoms with Crippen LogP contribution >= 0.6 is 0 Å². The number of aliphatic hydroxyl groups is 5. The summed E-state index contributed by atoms with van der Waals surface area (Å²) in [6.45, 7) is 2.29. The molecule has 0 aliphatic carbocycles. The topological polar surface area (TPSA) is 241 Å². The highest BCUT2D eigenvalue weighted by molar-refractivity contribution is 5.89. The normalized spacial score (nSPS) is 36.6. The highest BCUT2D eigenvalue weighted by atomic mass is 16.7. The van der Waals surface area contributed by atoms with Gasteiger partial charge >= 0.3 is 5.97 Å². The number of ether oxygens (including phenoxy) is 3. The molecule has 2 fully saturated rings. The summed E-state index contributed by atoms with van der Waals surface area (Å²) >= 11 is 0. The smallest absolute Gasteiger partial charge is 0.364 e. The predicted molar refractivity (Wildman–Crippen MR) is 116 cm³/mol. The van der Waals surface area contributed by atoms with Crippen molar-refractivity contribution in [3.8, 4) is 0 Å². The van der Waals surface area contributed by atoms with Crippen LogP contribution < -0.4 is 10.6 Å². The Morgan fingerprint density at radius 1 is 1.14 bits per heavy atom. The number of carboxylic acids is 1. The molecular formula is C21H34N2O13. The van der Waals surface area contributed by atoms with Crippen LogP contribution in [0.5, 0.6) is 0 Å². The molecule has 5 unspecified atom stereocenters. The molecule has 0 aromatic carbocycles. The lowest BCUT2D eigenvalue weighted by atomic mass is 9.88. The molecule has 0 bridgehead atoms. The average molecular weight is 523 g/mol. The third kappa shape index (κ3) is 6.54. The lowest BCUT2D eigenvalue weighted by molar-refractivity contribution is -0.316. The molecule has 206 valence electrons. The first kappa shape index (κ1) is 30.0. The van der Waals surface area contributed by atoms with E-state index in [4.69, 9.17) is 14.2 Å². The third-order valence-electron chi connectivity index (χ3n) is 6.12. The maximum atomic E-state index is 12.7. The fraction of sp³-hybridized carbons (Fsp3) is 0.810. The van der Waals surface area contributed by atoms with Gasteiger partial charge in [-0.2, -0.15) is 0 Å². The first-order valence-electron chi connectivity index (χ1n) is 11.4. The molecule has 0 radical (unpaired) electrons. The van der Waals surface area contributed by atoms with Crippen molar-refractivity contribution in [2.45, 2.75) is 94.2 Å². The van der Waals surface area contributed by atoms with Crippen molar-refractivity contribution < 1.29 is 64.0 Å². The summed E-state index contributed by atoms with van der Waals surface area (Å²) in [5.41, 5.74) is 0. The van der Waals surface area contributed by atoms with Crippen LogP contribution in [0.3, 0.4) is 0 Å². The van der Waals surface area contributed by atoms with Crippen LogP contribution in [-0.2, 0) is 33.4 Å². The Labute approximate surface area is 206 Å². The van der Waals surface area contributed by atoms with Crippen molar-refractivity contribution in [2.24, 2.45) is 0 Å². The van der Waals surface area contributed by atoms with E-state index < -0.39 is 104 Å². The monoisotopic (exact) mass is 522 g/mol. The van der Waals surface area contributed by atoms with Crippen LogP contribution in [0.4, 0.5) is 0 Å². The Morgan fingerprint density at radius 3 is 2.22 bits per heavy atom. The van der Waals surface area contributed by atoms with E-state index in [2.05, 4.69) is 10.6 Å². The number of hydrogen-bond acceptors (Lipinski definition) is 12. The number of aliphatic hydroxyl groups excluding tert-OH is 5. The van der Waals surface area contributed by atoms with Gasteiger partial charge in [-0.05, 0) is 6.42 Å². The number of carbonyl (C=O) groups excluding carboxylic acids is 3. The number of nitrogens with one attached hydrogen (secondary N) is 2. The standard InChI is InChI=1S/C21H34N2O13/c1-4-12-15(23-9(3)26)18(31)17(30)13(35-12)7-34-21(20(32)33)5-10(27)14(22-8(2)25)19(36-21)16(29)11(28)6-24/h10-16,18-19,24,27-29,31H,4-7H2,1-3H3,(H,22,25)(H,23,26)(H,32,33)/t10?,11-,12-,13-,14?,15+,16-,18?,19?,21?/m1/s1. The molecule has 10 atom stereocenters. The molecule has 0 aromatic heterocycles. The molecule has 2 heterocycles. The average Bonchev–Trinajstić information content (AvgIpc) is 2.81. The van der Waals surface area contributed by atoms with Gasteiger partial charge in [-0.25, -0.2) is 4.79 Å². The number of Topliss-reactive ketones (excluding diaryl/α,β-unsaturated/α-hetero) is 1. The Hall–Kier alpha value is -2.24. The maximum absolute atomic E-state index is 12.7. The lowest BCUT2D eigenvalue weighted by Crippen LogP contribution is -2.68. The summed E-state index contributed by atoms with van der Waals surface area (Å²) in [7, 11) is 0. The van der Waals surface area contributed by atoms with Crippen molar-refractivity contribution in [1.82, 2.24) is 10.6 Å². The van der Waals surface area contributed by atoms with E-state index in [1.165, 1.54) is 6.92 Å². The molecule has 15 nitrogen and oxygen atoms in total. The van der Waals surface area contributed by atoms with E-state index in [0.717, 1.165) is 6.92 Å². The van der Waals surface area contributed by atoms with E-state index >= 15 is 0 Å². The quantitative estimate of drug-likeness (QED) is 0.136. The zero-order valence-electron chi connectivity index (χ0n) is 20.1. The van der Waals surface area contributed by atoms with Gasteiger partial charge < -0.3 is 55.5 Å². The second kappa shape index (κ2) is 12.3. The Kier molecular flexibility index (Phi) is 10.3. The first-order valence-corrected chi connectivity index (χ1v) is 11.4. The largest absolute Gasteiger partial charge is 0.477 e. The number of carboxylic acid groups (broad SMARTS) is 1. The van der Waals surface area contributed by atoms with E-state index in [1.54, 1.807) is 6.92 Å².